The van der Waals surface area contributed by atoms with Crippen LogP contribution in [0.2, 0.25) is 0 Å². The van der Waals surface area contributed by atoms with E-state index in [1.54, 1.807) is 18.9 Å². The first-order valence-corrected chi connectivity index (χ1v) is 4.28. The van der Waals surface area contributed by atoms with E-state index < -0.39 is 0 Å². The fraction of sp³-hybridized carbons (Fsp3) is 0.833. The third kappa shape index (κ3) is 7.78. The highest BCUT2D eigenvalue weighted by molar-refractivity contribution is 7.99. The van der Waals surface area contributed by atoms with Gasteiger partial charge in [0.1, 0.15) is 0 Å². The van der Waals surface area contributed by atoms with Crippen molar-refractivity contribution in [3.63, 3.8) is 0 Å². The molecule has 0 spiro atoms. The van der Waals surface area contributed by atoms with E-state index in [2.05, 4.69) is 0 Å². The molecule has 0 aliphatic rings. The number of nitrogens with two attached hydrogens (primary N) is 1. The molecular weight excluding hydrogens is 150 g/mol. The van der Waals surface area contributed by atoms with Crippen LogP contribution >= 0.6 is 11.8 Å². The second kappa shape index (κ2) is 6.89. The second-order valence-electron chi connectivity index (χ2n) is 1.87. The molecule has 0 aromatic heterocycles. The molecule has 0 saturated carbocycles. The van der Waals surface area contributed by atoms with E-state index in [4.69, 9.17) is 10.5 Å². The number of carbonyl (C=O) groups is 1. The Bertz CT molecular complexity index is 97.7. The van der Waals surface area contributed by atoms with Crippen molar-refractivity contribution in [3.8, 4) is 0 Å². The number of hydrogen-bond acceptors (Lipinski definition) is 3. The van der Waals surface area contributed by atoms with Crippen molar-refractivity contribution in [2.24, 2.45) is 5.73 Å². The Balaban J connectivity index is 2.84. The molecule has 0 unspecified atom stereocenters. The lowest BCUT2D eigenvalue weighted by Gasteiger charge is -1.96. The van der Waals surface area contributed by atoms with Crippen LogP contribution in [0.15, 0.2) is 0 Å². The minimum Gasteiger partial charge on any atom is -0.385 e. The summed E-state index contributed by atoms with van der Waals surface area (Å²) in [6.45, 7) is 0.756. The van der Waals surface area contributed by atoms with Crippen LogP contribution in [0.5, 0.6) is 0 Å². The molecule has 4 heteroatoms. The van der Waals surface area contributed by atoms with Crippen LogP contribution in [0, 0.1) is 0 Å². The zero-order valence-electron chi connectivity index (χ0n) is 6.13. The Hall–Kier alpha value is -0.220. The minimum absolute atomic E-state index is 0.248. The number of primary amides is 1. The third-order valence-corrected chi connectivity index (χ3v) is 1.95. The van der Waals surface area contributed by atoms with Gasteiger partial charge in [-0.3, -0.25) is 4.79 Å². The molecule has 60 valence electrons. The molecule has 0 fully saturated rings. The van der Waals surface area contributed by atoms with Crippen molar-refractivity contribution < 1.29 is 9.53 Å². The van der Waals surface area contributed by atoms with E-state index >= 15 is 0 Å². The first-order chi connectivity index (χ1) is 4.77. The summed E-state index contributed by atoms with van der Waals surface area (Å²) < 4.78 is 4.82. The van der Waals surface area contributed by atoms with Crippen molar-refractivity contribution in [2.75, 3.05) is 25.2 Å². The van der Waals surface area contributed by atoms with Gasteiger partial charge in [0.25, 0.3) is 0 Å². The monoisotopic (exact) mass is 163 g/mol. The maximum Gasteiger partial charge on any atom is 0.227 e. The summed E-state index contributed by atoms with van der Waals surface area (Å²) in [4.78, 5) is 10.2. The smallest absolute Gasteiger partial charge is 0.227 e. The van der Waals surface area contributed by atoms with Gasteiger partial charge in [-0.25, -0.2) is 0 Å². The molecule has 0 radical (unpaired) electrons. The molecule has 0 rings (SSSR count). The summed E-state index contributed by atoms with van der Waals surface area (Å²) in [5, 5.41) is 0. The van der Waals surface area contributed by atoms with Crippen molar-refractivity contribution in [3.05, 3.63) is 0 Å². The topological polar surface area (TPSA) is 52.3 Å². The lowest BCUT2D eigenvalue weighted by atomic mass is 10.5. The van der Waals surface area contributed by atoms with Gasteiger partial charge in [0.15, 0.2) is 0 Å². The van der Waals surface area contributed by atoms with Gasteiger partial charge in [0, 0.05) is 13.7 Å². The van der Waals surface area contributed by atoms with Gasteiger partial charge in [0.05, 0.1) is 5.75 Å². The predicted octanol–water partition coefficient (Wildman–Crippen LogP) is 0.241. The predicted molar refractivity (Wildman–Crippen MR) is 43.0 cm³/mol. The average Bonchev–Trinajstić information content (AvgIpc) is 1.87. The number of methoxy groups -OCH3 is 1. The summed E-state index contributed by atoms with van der Waals surface area (Å²) in [5.74, 6) is 1.11. The van der Waals surface area contributed by atoms with Gasteiger partial charge in [0.2, 0.25) is 5.91 Å². The molecule has 10 heavy (non-hydrogen) atoms. The number of thioether (sulfide) groups is 1. The zero-order valence-corrected chi connectivity index (χ0v) is 6.95. The summed E-state index contributed by atoms with van der Waals surface area (Å²) in [6.07, 6.45) is 0.981. The number of amides is 1. The zero-order chi connectivity index (χ0) is 7.82. The Morgan fingerprint density at radius 3 is 2.90 bits per heavy atom. The summed E-state index contributed by atoms with van der Waals surface area (Å²) in [6, 6.07) is 0. The average molecular weight is 163 g/mol. The van der Waals surface area contributed by atoms with Crippen molar-refractivity contribution in [1.82, 2.24) is 0 Å². The van der Waals surface area contributed by atoms with Crippen LogP contribution < -0.4 is 5.73 Å². The van der Waals surface area contributed by atoms with Gasteiger partial charge in [-0.1, -0.05) is 0 Å². The Labute approximate surface area is 65.3 Å². The van der Waals surface area contributed by atoms with Gasteiger partial charge < -0.3 is 10.5 Å². The number of ether oxygens (including phenoxy) is 1. The quantitative estimate of drug-likeness (QED) is 0.571. The Kier molecular flexibility index (Phi) is 6.74. The summed E-state index contributed by atoms with van der Waals surface area (Å²) >= 11 is 1.55. The van der Waals surface area contributed by atoms with Crippen LogP contribution in [-0.2, 0) is 9.53 Å². The first-order valence-electron chi connectivity index (χ1n) is 3.12. The highest BCUT2D eigenvalue weighted by Gasteiger charge is 1.93. The van der Waals surface area contributed by atoms with Crippen molar-refractivity contribution in [2.45, 2.75) is 6.42 Å². The molecule has 3 nitrogen and oxygen atoms in total. The van der Waals surface area contributed by atoms with Gasteiger partial charge in [-0.2, -0.15) is 11.8 Å². The number of carbonyl (C=O) groups excluding carboxylic acids is 1. The first kappa shape index (κ1) is 9.78. The highest BCUT2D eigenvalue weighted by atomic mass is 32.2. The summed E-state index contributed by atoms with van der Waals surface area (Å²) in [5.41, 5.74) is 4.92. The van der Waals surface area contributed by atoms with Gasteiger partial charge in [-0.15, -0.1) is 0 Å². The third-order valence-electron chi connectivity index (χ3n) is 0.881. The molecule has 0 aromatic carbocycles. The normalized spacial score (nSPS) is 9.70. The SMILES string of the molecule is COCCCSCC(N)=O. The molecule has 0 aliphatic heterocycles. The van der Waals surface area contributed by atoms with E-state index in [1.807, 2.05) is 0 Å². The van der Waals surface area contributed by atoms with E-state index in [0.717, 1.165) is 18.8 Å². The van der Waals surface area contributed by atoms with E-state index in [0.29, 0.717) is 5.75 Å². The van der Waals surface area contributed by atoms with Crippen molar-refractivity contribution in [1.29, 1.82) is 0 Å². The highest BCUT2D eigenvalue weighted by Crippen LogP contribution is 2.00. The maximum absolute atomic E-state index is 10.2. The van der Waals surface area contributed by atoms with Crippen LogP contribution in [0.3, 0.4) is 0 Å². The fourth-order valence-corrected chi connectivity index (χ4v) is 1.15. The lowest BCUT2D eigenvalue weighted by molar-refractivity contribution is -0.115. The molecular formula is C6H13NO2S. The molecule has 0 atom stereocenters. The molecule has 1 amide bonds. The largest absolute Gasteiger partial charge is 0.385 e. The molecule has 0 aliphatic carbocycles. The van der Waals surface area contributed by atoms with Crippen LogP contribution in [0.1, 0.15) is 6.42 Å². The molecule has 2 N–H and O–H groups in total. The second-order valence-corrected chi connectivity index (χ2v) is 2.97. The van der Waals surface area contributed by atoms with Crippen molar-refractivity contribution >= 4 is 17.7 Å². The lowest BCUT2D eigenvalue weighted by Crippen LogP contribution is -2.13. The van der Waals surface area contributed by atoms with E-state index in [1.165, 1.54) is 0 Å². The van der Waals surface area contributed by atoms with E-state index in [9.17, 15) is 4.79 Å². The fourth-order valence-electron chi connectivity index (χ4n) is 0.478. The Morgan fingerprint density at radius 2 is 2.40 bits per heavy atom. The molecule has 0 saturated heterocycles. The molecule has 0 heterocycles. The standard InChI is InChI=1S/C6H13NO2S/c1-9-3-2-4-10-5-6(7)8/h2-5H2,1H3,(H2,7,8). The van der Waals surface area contributed by atoms with Gasteiger partial charge >= 0.3 is 0 Å². The molecule has 0 aromatic rings. The molecule has 0 bridgehead atoms. The van der Waals surface area contributed by atoms with Gasteiger partial charge in [-0.05, 0) is 12.2 Å². The van der Waals surface area contributed by atoms with Crippen LogP contribution in [-0.4, -0.2) is 31.1 Å². The van der Waals surface area contributed by atoms with Crippen LogP contribution in [0.4, 0.5) is 0 Å². The van der Waals surface area contributed by atoms with E-state index in [-0.39, 0.29) is 5.91 Å². The number of hydrogen-bond donors (Lipinski definition) is 1. The number of rotatable bonds is 6. The summed E-state index contributed by atoms with van der Waals surface area (Å²) in [7, 11) is 1.67. The maximum atomic E-state index is 10.2. The van der Waals surface area contributed by atoms with Crippen LogP contribution in [0.25, 0.3) is 0 Å². The Morgan fingerprint density at radius 1 is 1.70 bits per heavy atom. The minimum atomic E-state index is -0.248.